The molecule has 82 valence electrons. The number of hydrogen-bond donors (Lipinski definition) is 1. The minimum atomic E-state index is -0.904. The van der Waals surface area contributed by atoms with Crippen LogP contribution < -0.4 is 5.32 Å². The lowest BCUT2D eigenvalue weighted by molar-refractivity contribution is -0.122. The molecule has 1 fully saturated rings. The smallest absolute Gasteiger partial charge is 0.249 e. The quantitative estimate of drug-likeness (QED) is 0.794. The number of carbonyl (C=O) groups excluding carboxylic acids is 1. The molecule has 1 N–H and O–H groups in total. The number of hydrogen-bond acceptors (Lipinski definition) is 5. The normalized spacial score (nSPS) is 17.7. The Kier molecular flexibility index (Phi) is 2.77. The molecule has 1 aromatic rings. The molecule has 1 aliphatic carbocycles. The Morgan fingerprint density at radius 2 is 2.19 bits per heavy atom. The van der Waals surface area contributed by atoms with Gasteiger partial charge in [0.15, 0.2) is 0 Å². The second-order valence-electron chi connectivity index (χ2n) is 3.82. The average molecular weight is 217 g/mol. The van der Waals surface area contributed by atoms with E-state index in [0.717, 1.165) is 12.8 Å². The van der Waals surface area contributed by atoms with E-state index in [4.69, 9.17) is 5.26 Å². The Balaban J connectivity index is 2.11. The summed E-state index contributed by atoms with van der Waals surface area (Å²) in [6.45, 7) is 0. The molecule has 0 aliphatic heterocycles. The number of carbonyl (C=O) groups is 1. The minimum absolute atomic E-state index is 0.147. The first kappa shape index (κ1) is 10.5. The lowest BCUT2D eigenvalue weighted by Crippen LogP contribution is -2.33. The molecule has 0 aromatic carbocycles. The fraction of sp³-hybridized carbons (Fsp3) is 0.500. The van der Waals surface area contributed by atoms with Gasteiger partial charge in [-0.05, 0) is 12.8 Å². The van der Waals surface area contributed by atoms with E-state index < -0.39 is 5.41 Å². The first-order valence-electron chi connectivity index (χ1n) is 5.13. The molecule has 0 saturated heterocycles. The molecule has 6 heteroatoms. The van der Waals surface area contributed by atoms with Gasteiger partial charge in [0.1, 0.15) is 5.41 Å². The van der Waals surface area contributed by atoms with Crippen molar-refractivity contribution in [2.75, 3.05) is 5.32 Å². The van der Waals surface area contributed by atoms with E-state index in [0.29, 0.717) is 12.8 Å². The van der Waals surface area contributed by atoms with Crippen LogP contribution in [0.5, 0.6) is 0 Å². The van der Waals surface area contributed by atoms with E-state index in [2.05, 4.69) is 26.6 Å². The second kappa shape index (κ2) is 4.23. The van der Waals surface area contributed by atoms with Gasteiger partial charge in [-0.25, -0.2) is 4.98 Å². The minimum Gasteiger partial charge on any atom is -0.292 e. The van der Waals surface area contributed by atoms with Crippen LogP contribution in [0.2, 0.25) is 0 Å². The van der Waals surface area contributed by atoms with Gasteiger partial charge in [-0.1, -0.05) is 12.8 Å². The van der Waals surface area contributed by atoms with Gasteiger partial charge in [-0.2, -0.15) is 10.4 Å². The summed E-state index contributed by atoms with van der Waals surface area (Å²) in [5.74, 6) is -0.172. The average Bonchev–Trinajstić information content (AvgIpc) is 2.80. The van der Waals surface area contributed by atoms with Crippen molar-refractivity contribution in [3.63, 3.8) is 0 Å². The van der Waals surface area contributed by atoms with Crippen molar-refractivity contribution in [1.82, 2.24) is 15.2 Å². The van der Waals surface area contributed by atoms with Crippen molar-refractivity contribution < 1.29 is 4.79 Å². The summed E-state index contributed by atoms with van der Waals surface area (Å²) in [5.41, 5.74) is -0.904. The summed E-state index contributed by atoms with van der Waals surface area (Å²) in [6, 6.07) is 2.11. The third-order valence-electron chi connectivity index (χ3n) is 2.81. The van der Waals surface area contributed by atoms with Gasteiger partial charge in [-0.3, -0.25) is 10.1 Å². The molecule has 0 radical (unpaired) electrons. The van der Waals surface area contributed by atoms with Crippen LogP contribution in [0.15, 0.2) is 12.4 Å². The molecule has 1 heterocycles. The molecule has 1 aliphatic rings. The number of aromatic nitrogens is 3. The zero-order valence-corrected chi connectivity index (χ0v) is 8.68. The van der Waals surface area contributed by atoms with Crippen LogP contribution in [-0.4, -0.2) is 21.1 Å². The number of nitrogens with zero attached hydrogens (tertiary/aromatic N) is 4. The molecule has 1 saturated carbocycles. The van der Waals surface area contributed by atoms with Crippen LogP contribution >= 0.6 is 0 Å². The van der Waals surface area contributed by atoms with E-state index in [1.54, 1.807) is 0 Å². The highest BCUT2D eigenvalue weighted by molar-refractivity contribution is 5.96. The topological polar surface area (TPSA) is 91.6 Å². The molecule has 0 atom stereocenters. The highest BCUT2D eigenvalue weighted by Crippen LogP contribution is 2.38. The number of anilines is 1. The number of amides is 1. The third kappa shape index (κ3) is 1.84. The van der Waals surface area contributed by atoms with Crippen molar-refractivity contribution in [2.45, 2.75) is 25.7 Å². The predicted molar refractivity (Wildman–Crippen MR) is 55.0 cm³/mol. The molecule has 2 rings (SSSR count). The van der Waals surface area contributed by atoms with Crippen LogP contribution in [0.1, 0.15) is 25.7 Å². The fourth-order valence-corrected chi connectivity index (χ4v) is 1.89. The molecule has 0 bridgehead atoms. The maximum atomic E-state index is 11.9. The van der Waals surface area contributed by atoms with Crippen molar-refractivity contribution in [1.29, 1.82) is 5.26 Å². The maximum absolute atomic E-state index is 11.9. The standard InChI is InChI=1S/C10H11N5O/c11-7-10(3-1-2-4-10)8(16)14-9-12-5-6-13-15-9/h5-6H,1-4H2,(H,12,14,15,16). The summed E-state index contributed by atoms with van der Waals surface area (Å²) in [5, 5.41) is 18.9. The van der Waals surface area contributed by atoms with E-state index >= 15 is 0 Å². The summed E-state index contributed by atoms with van der Waals surface area (Å²) in [4.78, 5) is 15.8. The Morgan fingerprint density at radius 3 is 2.75 bits per heavy atom. The molecule has 1 aromatic heterocycles. The van der Waals surface area contributed by atoms with Crippen LogP contribution in [0.3, 0.4) is 0 Å². The van der Waals surface area contributed by atoms with Gasteiger partial charge < -0.3 is 0 Å². The monoisotopic (exact) mass is 217 g/mol. The van der Waals surface area contributed by atoms with Crippen molar-refractivity contribution >= 4 is 11.9 Å². The van der Waals surface area contributed by atoms with Crippen LogP contribution in [0.4, 0.5) is 5.95 Å². The van der Waals surface area contributed by atoms with E-state index in [9.17, 15) is 4.79 Å². The van der Waals surface area contributed by atoms with Crippen molar-refractivity contribution in [2.24, 2.45) is 5.41 Å². The number of nitriles is 1. The van der Waals surface area contributed by atoms with Gasteiger partial charge in [0.25, 0.3) is 0 Å². The highest BCUT2D eigenvalue weighted by atomic mass is 16.2. The summed E-state index contributed by atoms with van der Waals surface area (Å²) in [6.07, 6.45) is 5.90. The SMILES string of the molecule is N#CC1(C(=O)Nc2nccnn2)CCCC1. The van der Waals surface area contributed by atoms with E-state index in [1.165, 1.54) is 12.4 Å². The Hall–Kier alpha value is -2.03. The van der Waals surface area contributed by atoms with Gasteiger partial charge in [-0.15, -0.1) is 5.10 Å². The van der Waals surface area contributed by atoms with Crippen LogP contribution in [-0.2, 0) is 4.79 Å². The Bertz CT molecular complexity index is 419. The largest absolute Gasteiger partial charge is 0.292 e. The summed E-state index contributed by atoms with van der Waals surface area (Å²) >= 11 is 0. The molecule has 0 unspecified atom stereocenters. The molecular formula is C10H11N5O. The number of nitrogens with one attached hydrogen (secondary N) is 1. The second-order valence-corrected chi connectivity index (χ2v) is 3.82. The fourth-order valence-electron chi connectivity index (χ4n) is 1.89. The first-order chi connectivity index (χ1) is 7.77. The summed E-state index contributed by atoms with van der Waals surface area (Å²) < 4.78 is 0. The van der Waals surface area contributed by atoms with Crippen LogP contribution in [0.25, 0.3) is 0 Å². The van der Waals surface area contributed by atoms with E-state index in [-0.39, 0.29) is 11.9 Å². The summed E-state index contributed by atoms with van der Waals surface area (Å²) in [7, 11) is 0. The van der Waals surface area contributed by atoms with Gasteiger partial charge in [0.2, 0.25) is 11.9 Å². The van der Waals surface area contributed by atoms with Crippen molar-refractivity contribution in [3.8, 4) is 6.07 Å². The van der Waals surface area contributed by atoms with Crippen LogP contribution in [0, 0.1) is 16.7 Å². The zero-order valence-electron chi connectivity index (χ0n) is 8.68. The zero-order chi connectivity index (χ0) is 11.4. The Morgan fingerprint density at radius 1 is 1.44 bits per heavy atom. The Labute approximate surface area is 92.7 Å². The highest BCUT2D eigenvalue weighted by Gasteiger charge is 2.41. The predicted octanol–water partition coefficient (Wildman–Crippen LogP) is 0.894. The van der Waals surface area contributed by atoms with Gasteiger partial charge >= 0.3 is 0 Å². The third-order valence-corrected chi connectivity index (χ3v) is 2.81. The van der Waals surface area contributed by atoms with Crippen molar-refractivity contribution in [3.05, 3.63) is 12.4 Å². The maximum Gasteiger partial charge on any atom is 0.249 e. The lowest BCUT2D eigenvalue weighted by Gasteiger charge is -2.17. The molecule has 16 heavy (non-hydrogen) atoms. The van der Waals surface area contributed by atoms with Gasteiger partial charge in [0.05, 0.1) is 18.5 Å². The molecule has 1 amide bonds. The number of rotatable bonds is 2. The lowest BCUT2D eigenvalue weighted by atomic mass is 9.87. The molecule has 6 nitrogen and oxygen atoms in total. The van der Waals surface area contributed by atoms with E-state index in [1.807, 2.05) is 0 Å². The first-order valence-corrected chi connectivity index (χ1v) is 5.13. The molecule has 0 spiro atoms. The van der Waals surface area contributed by atoms with Gasteiger partial charge in [0, 0.05) is 0 Å². The molecular weight excluding hydrogens is 206 g/mol.